The highest BCUT2D eigenvalue weighted by molar-refractivity contribution is 6.04. The summed E-state index contributed by atoms with van der Waals surface area (Å²) >= 11 is 0. The molecular weight excluding hydrogens is 582 g/mol. The Labute approximate surface area is 264 Å². The lowest BCUT2D eigenvalue weighted by Gasteiger charge is -2.21. The number of carbonyl (C=O) groups excluding carboxylic acids is 2. The van der Waals surface area contributed by atoms with Crippen LogP contribution in [-0.4, -0.2) is 39.1 Å². The molecule has 1 atom stereocenters. The minimum absolute atomic E-state index is 0.205. The fourth-order valence-electron chi connectivity index (χ4n) is 6.04. The van der Waals surface area contributed by atoms with Crippen molar-refractivity contribution in [3.8, 4) is 28.3 Å². The molecule has 4 aromatic carbocycles. The zero-order chi connectivity index (χ0) is 32.7. The number of aryl methyl sites for hydroxylation is 1. The van der Waals surface area contributed by atoms with Gasteiger partial charge in [0.2, 0.25) is 11.3 Å². The van der Waals surface area contributed by atoms with Crippen LogP contribution in [0.5, 0.6) is 0 Å². The maximum Gasteiger partial charge on any atom is 0.352 e. The Kier molecular flexibility index (Phi) is 7.95. The lowest BCUT2D eigenvalue weighted by atomic mass is 9.96. The normalized spacial score (nSPS) is 12.1. The van der Waals surface area contributed by atoms with E-state index < -0.39 is 29.2 Å². The highest BCUT2D eigenvalue weighted by atomic mass is 16.5. The van der Waals surface area contributed by atoms with Gasteiger partial charge in [0.25, 0.3) is 5.91 Å². The van der Waals surface area contributed by atoms with E-state index in [9.17, 15) is 19.2 Å². The van der Waals surface area contributed by atoms with E-state index in [1.807, 2.05) is 92.1 Å². The standard InChI is InChI=1S/C36H33N5O5/c1-6-40-28-20-24(33(42)37-30(21(2)3)35(44)46-5)18-19-26(28)41(32-31(40)34(43)39(4)36(45)38-32)27-17-11-15-23-14-10-16-25(29(23)27)22-12-8-7-9-13-22/h7-21,30H,6H2,1-5H3/p+1/t30-/m0/s1. The number of aromatic nitrogens is 4. The third kappa shape index (κ3) is 5.01. The lowest BCUT2D eigenvalue weighted by molar-refractivity contribution is -0.658. The van der Waals surface area contributed by atoms with Crippen LogP contribution in [0, 0.1) is 5.92 Å². The SMILES string of the molecule is CC[n+]1c2c(=O)n(C)c(=O)nc-2n(-c2cccc3cccc(-c4ccccc4)c23)c2ccc(C(=O)N[C@H](C(=O)OC)C(C)C)cc21. The Morgan fingerprint density at radius 1 is 0.957 bits per heavy atom. The molecule has 1 N–H and O–H groups in total. The first-order valence-electron chi connectivity index (χ1n) is 15.1. The summed E-state index contributed by atoms with van der Waals surface area (Å²) in [4.78, 5) is 57.2. The van der Waals surface area contributed by atoms with E-state index in [1.54, 1.807) is 22.8 Å². The van der Waals surface area contributed by atoms with E-state index in [2.05, 4.69) is 10.3 Å². The van der Waals surface area contributed by atoms with Gasteiger partial charge in [-0.15, -0.1) is 0 Å². The van der Waals surface area contributed by atoms with Crippen molar-refractivity contribution in [2.24, 2.45) is 13.0 Å². The maximum atomic E-state index is 13.8. The van der Waals surface area contributed by atoms with Crippen molar-refractivity contribution >= 4 is 33.7 Å². The summed E-state index contributed by atoms with van der Waals surface area (Å²) in [5.74, 6) is -0.993. The molecule has 0 aromatic heterocycles. The number of rotatable bonds is 7. The number of methoxy groups -OCH3 is 1. The average Bonchev–Trinajstić information content (AvgIpc) is 3.07. The number of amides is 1. The van der Waals surface area contributed by atoms with Crippen LogP contribution in [0.4, 0.5) is 0 Å². The van der Waals surface area contributed by atoms with Crippen molar-refractivity contribution < 1.29 is 18.9 Å². The zero-order valence-electron chi connectivity index (χ0n) is 26.3. The zero-order valence-corrected chi connectivity index (χ0v) is 26.3. The van der Waals surface area contributed by atoms with Crippen LogP contribution in [0.1, 0.15) is 31.1 Å². The number of esters is 1. The molecule has 1 amide bonds. The van der Waals surface area contributed by atoms with Crippen LogP contribution < -0.4 is 21.1 Å². The molecule has 46 heavy (non-hydrogen) atoms. The number of hydrogen-bond donors (Lipinski definition) is 1. The van der Waals surface area contributed by atoms with Crippen LogP contribution in [0.3, 0.4) is 0 Å². The fourth-order valence-corrected chi connectivity index (χ4v) is 6.04. The van der Waals surface area contributed by atoms with Gasteiger partial charge in [-0.3, -0.25) is 18.7 Å². The fraction of sp³-hybridized carbons (Fsp3) is 0.222. The molecule has 0 aliphatic carbocycles. The summed E-state index contributed by atoms with van der Waals surface area (Å²) in [6, 6.07) is 26.3. The largest absolute Gasteiger partial charge is 0.467 e. The van der Waals surface area contributed by atoms with Crippen LogP contribution in [-0.2, 0) is 23.1 Å². The summed E-state index contributed by atoms with van der Waals surface area (Å²) in [6.07, 6.45) is 0. The molecule has 2 heterocycles. The third-order valence-corrected chi connectivity index (χ3v) is 8.39. The molecule has 0 radical (unpaired) electrons. The first-order chi connectivity index (χ1) is 22.2. The van der Waals surface area contributed by atoms with Gasteiger partial charge in [0.15, 0.2) is 0 Å². The van der Waals surface area contributed by atoms with Crippen molar-refractivity contribution in [1.82, 2.24) is 19.4 Å². The van der Waals surface area contributed by atoms with Gasteiger partial charge in [0.1, 0.15) is 18.1 Å². The van der Waals surface area contributed by atoms with Crippen LogP contribution in [0.25, 0.3) is 50.1 Å². The Hall–Kier alpha value is -5.64. The summed E-state index contributed by atoms with van der Waals surface area (Å²) in [6.45, 7) is 5.89. The van der Waals surface area contributed by atoms with Crippen LogP contribution >= 0.6 is 0 Å². The maximum absolute atomic E-state index is 13.8. The average molecular weight is 617 g/mol. The Morgan fingerprint density at radius 2 is 1.67 bits per heavy atom. The van der Waals surface area contributed by atoms with Crippen LogP contribution in [0.2, 0.25) is 0 Å². The minimum Gasteiger partial charge on any atom is -0.467 e. The predicted octanol–water partition coefficient (Wildman–Crippen LogP) is 4.24. The van der Waals surface area contributed by atoms with Crippen molar-refractivity contribution in [1.29, 1.82) is 0 Å². The van der Waals surface area contributed by atoms with Gasteiger partial charge in [0, 0.05) is 24.1 Å². The molecule has 0 saturated carbocycles. The second-order valence-corrected chi connectivity index (χ2v) is 11.5. The van der Waals surface area contributed by atoms with E-state index in [0.717, 1.165) is 32.2 Å². The number of fused-ring (bicyclic) bond motifs is 3. The van der Waals surface area contributed by atoms with E-state index in [-0.39, 0.29) is 17.4 Å². The second kappa shape index (κ2) is 12.0. The van der Waals surface area contributed by atoms with E-state index >= 15 is 0 Å². The topological polar surface area (TPSA) is 116 Å². The molecule has 2 aliphatic rings. The molecule has 0 bridgehead atoms. The van der Waals surface area contributed by atoms with Crippen molar-refractivity contribution in [3.05, 3.63) is 111 Å². The van der Waals surface area contributed by atoms with Crippen molar-refractivity contribution in [3.63, 3.8) is 0 Å². The van der Waals surface area contributed by atoms with Gasteiger partial charge in [-0.1, -0.05) is 74.5 Å². The lowest BCUT2D eigenvalue weighted by Crippen LogP contribution is -2.48. The van der Waals surface area contributed by atoms with Gasteiger partial charge in [-0.2, -0.15) is 9.55 Å². The third-order valence-electron chi connectivity index (χ3n) is 8.39. The van der Waals surface area contributed by atoms with Crippen molar-refractivity contribution in [2.75, 3.05) is 7.11 Å². The van der Waals surface area contributed by atoms with Gasteiger partial charge in [0.05, 0.1) is 12.8 Å². The summed E-state index contributed by atoms with van der Waals surface area (Å²) < 4.78 is 9.51. The summed E-state index contributed by atoms with van der Waals surface area (Å²) in [5.41, 5.74) is 3.25. The van der Waals surface area contributed by atoms with Crippen molar-refractivity contribution in [2.45, 2.75) is 33.4 Å². The number of carbonyl (C=O) groups is 2. The number of benzene rings is 4. The highest BCUT2D eigenvalue weighted by Gasteiger charge is 2.33. The van der Waals surface area contributed by atoms with Crippen LogP contribution in [0.15, 0.2) is 94.5 Å². The monoisotopic (exact) mass is 616 g/mol. The summed E-state index contributed by atoms with van der Waals surface area (Å²) in [5, 5.41) is 4.67. The van der Waals surface area contributed by atoms with E-state index in [4.69, 9.17) is 4.74 Å². The Morgan fingerprint density at radius 3 is 2.35 bits per heavy atom. The molecule has 0 spiro atoms. The number of nitrogens with one attached hydrogen (secondary N) is 1. The Balaban J connectivity index is 1.71. The molecule has 0 fully saturated rings. The number of nitrogens with zero attached hydrogens (tertiary/aromatic N) is 4. The van der Waals surface area contributed by atoms with Gasteiger partial charge >= 0.3 is 22.9 Å². The van der Waals surface area contributed by atoms with Gasteiger partial charge in [-0.05, 0) is 47.6 Å². The number of ether oxygens (including phenoxy) is 1. The predicted molar refractivity (Wildman–Crippen MR) is 176 cm³/mol. The first-order valence-corrected chi connectivity index (χ1v) is 15.1. The quantitative estimate of drug-likeness (QED) is 0.163. The molecule has 10 nitrogen and oxygen atoms in total. The minimum atomic E-state index is -0.841. The molecule has 6 rings (SSSR count). The van der Waals surface area contributed by atoms with Gasteiger partial charge < -0.3 is 10.1 Å². The van der Waals surface area contributed by atoms with E-state index in [0.29, 0.717) is 23.1 Å². The molecular formula is C36H34N5O5+. The Bertz CT molecular complexity index is 2230. The number of hydrogen-bond acceptors (Lipinski definition) is 6. The molecule has 0 unspecified atom stereocenters. The molecule has 2 aliphatic heterocycles. The molecule has 4 aromatic rings. The first kappa shape index (κ1) is 30.4. The smallest absolute Gasteiger partial charge is 0.352 e. The molecule has 10 heteroatoms. The van der Waals surface area contributed by atoms with E-state index in [1.165, 1.54) is 14.2 Å². The summed E-state index contributed by atoms with van der Waals surface area (Å²) in [7, 11) is 2.69. The second-order valence-electron chi connectivity index (χ2n) is 11.5. The molecule has 0 saturated heterocycles. The van der Waals surface area contributed by atoms with Gasteiger partial charge in [-0.25, -0.2) is 9.59 Å². The highest BCUT2D eigenvalue weighted by Crippen LogP contribution is 2.36. The molecule has 232 valence electrons.